The lowest BCUT2D eigenvalue weighted by atomic mass is 10.0. The Kier molecular flexibility index (Phi) is 3.58. The zero-order chi connectivity index (χ0) is 13.9. The number of hydrogen-bond donors (Lipinski definition) is 0. The highest BCUT2D eigenvalue weighted by atomic mass is 16.3. The topological polar surface area (TPSA) is 51.3 Å². The minimum atomic E-state index is 0.0570. The molecular formula is C15H19N3O2. The van der Waals surface area contributed by atoms with E-state index in [1.807, 2.05) is 17.3 Å². The SMILES string of the molecule is CCc1nccn1[C@H]1CCCN(C(=O)c2ccoc2)C1. The van der Waals surface area contributed by atoms with Gasteiger partial charge in [0.05, 0.1) is 17.9 Å². The molecule has 0 N–H and O–H groups in total. The summed E-state index contributed by atoms with van der Waals surface area (Å²) in [6.45, 7) is 3.67. The monoisotopic (exact) mass is 273 g/mol. The summed E-state index contributed by atoms with van der Waals surface area (Å²) in [5, 5.41) is 0. The Bertz CT molecular complexity index is 574. The van der Waals surface area contributed by atoms with Crippen LogP contribution in [0, 0.1) is 0 Å². The van der Waals surface area contributed by atoms with Gasteiger partial charge in [-0.2, -0.15) is 0 Å². The zero-order valence-corrected chi connectivity index (χ0v) is 11.7. The number of carbonyl (C=O) groups is 1. The van der Waals surface area contributed by atoms with Gasteiger partial charge in [-0.05, 0) is 18.9 Å². The molecule has 3 heterocycles. The van der Waals surface area contributed by atoms with Gasteiger partial charge in [0.2, 0.25) is 0 Å². The van der Waals surface area contributed by atoms with Crippen LogP contribution in [0.15, 0.2) is 35.4 Å². The van der Waals surface area contributed by atoms with Crippen molar-refractivity contribution >= 4 is 5.91 Å². The second-order valence-corrected chi connectivity index (χ2v) is 5.16. The molecular weight excluding hydrogens is 254 g/mol. The molecule has 2 aromatic rings. The maximum absolute atomic E-state index is 12.4. The highest BCUT2D eigenvalue weighted by Crippen LogP contribution is 2.24. The lowest BCUT2D eigenvalue weighted by Gasteiger charge is -2.33. The Morgan fingerprint density at radius 2 is 2.45 bits per heavy atom. The van der Waals surface area contributed by atoms with E-state index < -0.39 is 0 Å². The van der Waals surface area contributed by atoms with Gasteiger partial charge in [-0.25, -0.2) is 4.98 Å². The summed E-state index contributed by atoms with van der Waals surface area (Å²) in [6.07, 6.45) is 9.96. The molecule has 0 saturated carbocycles. The Morgan fingerprint density at radius 3 is 3.20 bits per heavy atom. The molecule has 0 radical (unpaired) electrons. The van der Waals surface area contributed by atoms with Gasteiger partial charge in [0.15, 0.2) is 0 Å². The lowest BCUT2D eigenvalue weighted by Crippen LogP contribution is -2.40. The highest BCUT2D eigenvalue weighted by molar-refractivity contribution is 5.93. The van der Waals surface area contributed by atoms with Gasteiger partial charge in [0.1, 0.15) is 12.1 Å². The third-order valence-electron chi connectivity index (χ3n) is 3.91. The van der Waals surface area contributed by atoms with Crippen molar-refractivity contribution in [1.82, 2.24) is 14.5 Å². The van der Waals surface area contributed by atoms with Crippen LogP contribution in [0.5, 0.6) is 0 Å². The minimum Gasteiger partial charge on any atom is -0.472 e. The van der Waals surface area contributed by atoms with Crippen molar-refractivity contribution in [2.75, 3.05) is 13.1 Å². The van der Waals surface area contributed by atoms with Crippen LogP contribution >= 0.6 is 0 Å². The van der Waals surface area contributed by atoms with Crippen molar-refractivity contribution in [1.29, 1.82) is 0 Å². The molecule has 2 aromatic heterocycles. The predicted octanol–water partition coefficient (Wildman–Crippen LogP) is 2.52. The number of imidazole rings is 1. The number of rotatable bonds is 3. The summed E-state index contributed by atoms with van der Waals surface area (Å²) in [7, 11) is 0. The fraction of sp³-hybridized carbons (Fsp3) is 0.467. The maximum Gasteiger partial charge on any atom is 0.257 e. The fourth-order valence-corrected chi connectivity index (χ4v) is 2.89. The number of furan rings is 1. The van der Waals surface area contributed by atoms with Gasteiger partial charge in [-0.15, -0.1) is 0 Å². The second-order valence-electron chi connectivity index (χ2n) is 5.16. The summed E-state index contributed by atoms with van der Waals surface area (Å²) >= 11 is 0. The third kappa shape index (κ3) is 2.35. The van der Waals surface area contributed by atoms with Crippen LogP contribution < -0.4 is 0 Å². The molecule has 0 aromatic carbocycles. The van der Waals surface area contributed by atoms with Crippen LogP contribution in [0.1, 0.15) is 42.0 Å². The zero-order valence-electron chi connectivity index (χ0n) is 11.7. The Morgan fingerprint density at radius 1 is 1.55 bits per heavy atom. The molecule has 0 unspecified atom stereocenters. The number of amides is 1. The number of aromatic nitrogens is 2. The first-order valence-electron chi connectivity index (χ1n) is 7.12. The quantitative estimate of drug-likeness (QED) is 0.863. The van der Waals surface area contributed by atoms with Crippen LogP contribution in [0.3, 0.4) is 0 Å². The van der Waals surface area contributed by atoms with Gasteiger partial charge < -0.3 is 13.9 Å². The molecule has 1 fully saturated rings. The summed E-state index contributed by atoms with van der Waals surface area (Å²) in [5.41, 5.74) is 0.631. The van der Waals surface area contributed by atoms with Crippen LogP contribution in [0.25, 0.3) is 0 Å². The van der Waals surface area contributed by atoms with Crippen molar-refractivity contribution < 1.29 is 9.21 Å². The number of carbonyl (C=O) groups excluding carboxylic acids is 1. The number of nitrogens with zero attached hydrogens (tertiary/aromatic N) is 3. The van der Waals surface area contributed by atoms with Gasteiger partial charge in [-0.1, -0.05) is 6.92 Å². The van der Waals surface area contributed by atoms with Gasteiger partial charge in [0.25, 0.3) is 5.91 Å². The average molecular weight is 273 g/mol. The molecule has 1 amide bonds. The van der Waals surface area contributed by atoms with E-state index in [2.05, 4.69) is 16.5 Å². The summed E-state index contributed by atoms with van der Waals surface area (Å²) in [4.78, 5) is 18.7. The number of aryl methyl sites for hydroxylation is 1. The Labute approximate surface area is 118 Å². The number of hydrogen-bond acceptors (Lipinski definition) is 3. The molecule has 0 spiro atoms. The van der Waals surface area contributed by atoms with Crippen LogP contribution in [0.4, 0.5) is 0 Å². The van der Waals surface area contributed by atoms with Gasteiger partial charge in [0, 0.05) is 31.9 Å². The Balaban J connectivity index is 1.75. The first-order valence-corrected chi connectivity index (χ1v) is 7.12. The largest absolute Gasteiger partial charge is 0.472 e. The first-order chi connectivity index (χ1) is 9.79. The third-order valence-corrected chi connectivity index (χ3v) is 3.91. The summed E-state index contributed by atoms with van der Waals surface area (Å²) in [5.74, 6) is 1.15. The maximum atomic E-state index is 12.4. The van der Waals surface area contributed by atoms with E-state index in [-0.39, 0.29) is 5.91 Å². The molecule has 5 nitrogen and oxygen atoms in total. The van der Waals surface area contributed by atoms with Crippen LogP contribution in [-0.2, 0) is 6.42 Å². The minimum absolute atomic E-state index is 0.0570. The van der Waals surface area contributed by atoms with Crippen molar-refractivity contribution in [3.63, 3.8) is 0 Å². The average Bonchev–Trinajstić information content (AvgIpc) is 3.17. The van der Waals surface area contributed by atoms with E-state index in [1.165, 1.54) is 6.26 Å². The number of likely N-dealkylation sites (tertiary alicyclic amines) is 1. The van der Waals surface area contributed by atoms with E-state index in [4.69, 9.17) is 4.42 Å². The molecule has 5 heteroatoms. The fourth-order valence-electron chi connectivity index (χ4n) is 2.89. The molecule has 1 atom stereocenters. The van der Waals surface area contributed by atoms with E-state index in [9.17, 15) is 4.79 Å². The van der Waals surface area contributed by atoms with E-state index in [0.29, 0.717) is 11.6 Å². The number of piperidine rings is 1. The van der Waals surface area contributed by atoms with E-state index in [1.54, 1.807) is 12.3 Å². The molecule has 20 heavy (non-hydrogen) atoms. The molecule has 106 valence electrons. The predicted molar refractivity (Wildman–Crippen MR) is 74.5 cm³/mol. The lowest BCUT2D eigenvalue weighted by molar-refractivity contribution is 0.0677. The molecule has 0 aliphatic carbocycles. The van der Waals surface area contributed by atoms with Gasteiger partial charge >= 0.3 is 0 Å². The van der Waals surface area contributed by atoms with Crippen molar-refractivity contribution in [2.45, 2.75) is 32.2 Å². The summed E-state index contributed by atoms with van der Waals surface area (Å²) in [6, 6.07) is 2.05. The molecule has 3 rings (SSSR count). The van der Waals surface area contributed by atoms with Crippen molar-refractivity contribution in [3.05, 3.63) is 42.4 Å². The molecule has 1 aliphatic heterocycles. The van der Waals surface area contributed by atoms with Crippen LogP contribution in [0.2, 0.25) is 0 Å². The van der Waals surface area contributed by atoms with Crippen LogP contribution in [-0.4, -0.2) is 33.4 Å². The normalized spacial score (nSPS) is 19.2. The van der Waals surface area contributed by atoms with Gasteiger partial charge in [-0.3, -0.25) is 4.79 Å². The first kappa shape index (κ1) is 13.0. The molecule has 1 saturated heterocycles. The van der Waals surface area contributed by atoms with E-state index >= 15 is 0 Å². The Hall–Kier alpha value is -2.04. The van der Waals surface area contributed by atoms with Crippen molar-refractivity contribution in [2.24, 2.45) is 0 Å². The highest BCUT2D eigenvalue weighted by Gasteiger charge is 2.26. The van der Waals surface area contributed by atoms with Crippen molar-refractivity contribution in [3.8, 4) is 0 Å². The standard InChI is InChI=1S/C15H19N3O2/c1-2-14-16-6-8-18(14)13-4-3-7-17(10-13)15(19)12-5-9-20-11-12/h5-6,8-9,11,13H,2-4,7,10H2,1H3/t13-/m0/s1. The summed E-state index contributed by atoms with van der Waals surface area (Å²) < 4.78 is 7.22. The smallest absolute Gasteiger partial charge is 0.257 e. The molecule has 1 aliphatic rings. The second kappa shape index (κ2) is 5.53. The van der Waals surface area contributed by atoms with E-state index in [0.717, 1.165) is 38.2 Å². The molecule has 0 bridgehead atoms.